The Hall–Kier alpha value is -1.64. The van der Waals surface area contributed by atoms with Gasteiger partial charge >= 0.3 is 0 Å². The van der Waals surface area contributed by atoms with Crippen LogP contribution in [0.5, 0.6) is 0 Å². The first kappa shape index (κ1) is 20.7. The molecule has 1 aromatic rings. The lowest BCUT2D eigenvalue weighted by molar-refractivity contribution is -0.120. The second-order valence-electron chi connectivity index (χ2n) is 6.67. The van der Waals surface area contributed by atoms with Crippen LogP contribution in [0, 0.1) is 5.92 Å². The van der Waals surface area contributed by atoms with Crippen molar-refractivity contribution in [3.63, 3.8) is 0 Å². The predicted molar refractivity (Wildman–Crippen MR) is 106 cm³/mol. The van der Waals surface area contributed by atoms with Crippen molar-refractivity contribution in [2.45, 2.75) is 26.7 Å². The number of piperidine rings is 1. The van der Waals surface area contributed by atoms with Crippen LogP contribution >= 0.6 is 0 Å². The topological polar surface area (TPSA) is 73.0 Å². The highest BCUT2D eigenvalue weighted by Gasteiger charge is 2.32. The van der Waals surface area contributed by atoms with Gasteiger partial charge in [-0.1, -0.05) is 0 Å². The Labute approximate surface area is 157 Å². The van der Waals surface area contributed by atoms with Crippen LogP contribution in [0.3, 0.4) is 0 Å². The molecule has 26 heavy (non-hydrogen) atoms. The number of hydrogen-bond donors (Lipinski definition) is 1. The van der Waals surface area contributed by atoms with Gasteiger partial charge in [0.15, 0.2) is 0 Å². The van der Waals surface area contributed by atoms with E-state index < -0.39 is 10.2 Å². The molecule has 0 radical (unpaired) electrons. The molecule has 7 nitrogen and oxygen atoms in total. The first-order valence-electron chi connectivity index (χ1n) is 9.13. The van der Waals surface area contributed by atoms with Gasteiger partial charge in [0.2, 0.25) is 5.91 Å². The van der Waals surface area contributed by atoms with Crippen LogP contribution in [0.4, 0.5) is 11.4 Å². The first-order valence-corrected chi connectivity index (χ1v) is 10.5. The quantitative estimate of drug-likeness (QED) is 0.783. The Kier molecular flexibility index (Phi) is 7.02. The van der Waals surface area contributed by atoms with Gasteiger partial charge in [-0.3, -0.25) is 4.79 Å². The maximum atomic E-state index is 12.5. The largest absolute Gasteiger partial charge is 0.372 e. The molecular formula is C18H30N4O3S. The SMILES string of the molecule is CCN(CC)c1ccc(NC(=O)C2CCN(S(=O)(=O)N(C)C)CC2)cc1. The van der Waals surface area contributed by atoms with Crippen LogP contribution in [-0.4, -0.2) is 63.2 Å². The number of carbonyl (C=O) groups is 1. The summed E-state index contributed by atoms with van der Waals surface area (Å²) in [5.74, 6) is -0.200. The van der Waals surface area contributed by atoms with Crippen LogP contribution in [0.1, 0.15) is 26.7 Å². The zero-order valence-corrected chi connectivity index (χ0v) is 16.9. The van der Waals surface area contributed by atoms with E-state index >= 15 is 0 Å². The van der Waals surface area contributed by atoms with Gasteiger partial charge in [-0.25, -0.2) is 0 Å². The molecule has 1 heterocycles. The molecule has 0 unspecified atom stereocenters. The fraction of sp³-hybridized carbons (Fsp3) is 0.611. The number of benzene rings is 1. The Morgan fingerprint density at radius 2 is 1.65 bits per heavy atom. The number of nitrogens with one attached hydrogen (secondary N) is 1. The number of anilines is 2. The van der Waals surface area contributed by atoms with Crippen molar-refractivity contribution in [3.8, 4) is 0 Å². The van der Waals surface area contributed by atoms with Gasteiger partial charge in [-0.2, -0.15) is 17.0 Å². The van der Waals surface area contributed by atoms with Crippen LogP contribution in [0.25, 0.3) is 0 Å². The molecular weight excluding hydrogens is 352 g/mol. The van der Waals surface area contributed by atoms with Crippen molar-refractivity contribution in [1.29, 1.82) is 0 Å². The normalized spacial score (nSPS) is 16.7. The van der Waals surface area contributed by atoms with E-state index in [1.807, 2.05) is 24.3 Å². The minimum Gasteiger partial charge on any atom is -0.372 e. The number of rotatable bonds is 7. The Balaban J connectivity index is 1.91. The minimum absolute atomic E-state index is 0.0394. The zero-order chi connectivity index (χ0) is 19.3. The standard InChI is InChI=1S/C18H30N4O3S/c1-5-21(6-2)17-9-7-16(8-10-17)19-18(23)15-11-13-22(14-12-15)26(24,25)20(3)4/h7-10,15H,5-6,11-14H2,1-4H3,(H,19,23). The van der Waals surface area contributed by atoms with Crippen LogP contribution in [0.15, 0.2) is 24.3 Å². The van der Waals surface area contributed by atoms with Crippen molar-refractivity contribution < 1.29 is 13.2 Å². The molecule has 0 spiro atoms. The second kappa shape index (κ2) is 8.83. The average Bonchev–Trinajstić information content (AvgIpc) is 2.64. The average molecular weight is 383 g/mol. The molecule has 1 amide bonds. The monoisotopic (exact) mass is 382 g/mol. The summed E-state index contributed by atoms with van der Waals surface area (Å²) in [6.45, 7) is 6.86. The summed E-state index contributed by atoms with van der Waals surface area (Å²) >= 11 is 0. The zero-order valence-electron chi connectivity index (χ0n) is 16.1. The maximum Gasteiger partial charge on any atom is 0.281 e. The third-order valence-corrected chi connectivity index (χ3v) is 6.82. The van der Waals surface area contributed by atoms with Gasteiger partial charge in [0.1, 0.15) is 0 Å². The summed E-state index contributed by atoms with van der Waals surface area (Å²) in [7, 11) is -0.348. The van der Waals surface area contributed by atoms with Gasteiger partial charge in [0.05, 0.1) is 0 Å². The summed E-state index contributed by atoms with van der Waals surface area (Å²) in [5.41, 5.74) is 1.91. The third-order valence-electron chi connectivity index (χ3n) is 4.88. The third kappa shape index (κ3) is 4.75. The van der Waals surface area contributed by atoms with Crippen LogP contribution in [-0.2, 0) is 15.0 Å². The highest BCUT2D eigenvalue weighted by atomic mass is 32.2. The van der Waals surface area contributed by atoms with Gasteiger partial charge in [0, 0.05) is 57.6 Å². The minimum atomic E-state index is -3.40. The molecule has 1 N–H and O–H groups in total. The summed E-state index contributed by atoms with van der Waals surface area (Å²) in [6, 6.07) is 7.85. The molecule has 0 aliphatic carbocycles. The molecule has 8 heteroatoms. The van der Waals surface area contributed by atoms with Crippen molar-refractivity contribution in [2.24, 2.45) is 5.92 Å². The molecule has 1 aliphatic rings. The Morgan fingerprint density at radius 1 is 1.12 bits per heavy atom. The molecule has 0 aromatic heterocycles. The molecule has 0 saturated carbocycles. The van der Waals surface area contributed by atoms with E-state index in [1.165, 1.54) is 22.7 Å². The number of carbonyl (C=O) groups excluding carboxylic acids is 1. The van der Waals surface area contributed by atoms with Gasteiger partial charge < -0.3 is 10.2 Å². The van der Waals surface area contributed by atoms with E-state index in [0.717, 1.165) is 24.5 Å². The molecule has 1 saturated heterocycles. The fourth-order valence-corrected chi connectivity index (χ4v) is 4.30. The molecule has 0 atom stereocenters. The van der Waals surface area contributed by atoms with E-state index in [9.17, 15) is 13.2 Å². The first-order chi connectivity index (χ1) is 12.3. The van der Waals surface area contributed by atoms with Crippen molar-refractivity contribution in [1.82, 2.24) is 8.61 Å². The molecule has 1 aliphatic heterocycles. The molecule has 1 fully saturated rings. The molecule has 1 aromatic carbocycles. The summed E-state index contributed by atoms with van der Waals surface area (Å²) < 4.78 is 26.9. The lowest BCUT2D eigenvalue weighted by Gasteiger charge is -2.32. The highest BCUT2D eigenvalue weighted by molar-refractivity contribution is 7.86. The van der Waals surface area contributed by atoms with E-state index in [2.05, 4.69) is 24.1 Å². The number of hydrogen-bond acceptors (Lipinski definition) is 4. The summed E-state index contributed by atoms with van der Waals surface area (Å²) in [6.07, 6.45) is 1.08. The van der Waals surface area contributed by atoms with E-state index in [0.29, 0.717) is 25.9 Å². The smallest absolute Gasteiger partial charge is 0.281 e. The molecule has 2 rings (SSSR count). The van der Waals surface area contributed by atoms with Crippen LogP contribution < -0.4 is 10.2 Å². The highest BCUT2D eigenvalue weighted by Crippen LogP contribution is 2.23. The number of nitrogens with zero attached hydrogens (tertiary/aromatic N) is 3. The second-order valence-corrected chi connectivity index (χ2v) is 8.81. The predicted octanol–water partition coefficient (Wildman–Crippen LogP) is 1.99. The Bertz CT molecular complexity index is 692. The van der Waals surface area contributed by atoms with E-state index in [-0.39, 0.29) is 11.8 Å². The van der Waals surface area contributed by atoms with Crippen molar-refractivity contribution in [2.75, 3.05) is 50.5 Å². The Morgan fingerprint density at radius 3 is 2.12 bits per heavy atom. The van der Waals surface area contributed by atoms with E-state index in [1.54, 1.807) is 0 Å². The van der Waals surface area contributed by atoms with Gasteiger partial charge in [-0.15, -0.1) is 0 Å². The van der Waals surface area contributed by atoms with Crippen molar-refractivity contribution >= 4 is 27.5 Å². The number of amides is 1. The summed E-state index contributed by atoms with van der Waals surface area (Å²) in [5, 5.41) is 2.95. The van der Waals surface area contributed by atoms with Crippen LogP contribution in [0.2, 0.25) is 0 Å². The van der Waals surface area contributed by atoms with Gasteiger partial charge in [0.25, 0.3) is 10.2 Å². The van der Waals surface area contributed by atoms with Crippen molar-refractivity contribution in [3.05, 3.63) is 24.3 Å². The molecule has 0 bridgehead atoms. The summed E-state index contributed by atoms with van der Waals surface area (Å²) in [4.78, 5) is 14.7. The van der Waals surface area contributed by atoms with Gasteiger partial charge in [-0.05, 0) is 51.0 Å². The fourth-order valence-electron chi connectivity index (χ4n) is 3.17. The maximum absolute atomic E-state index is 12.5. The lowest BCUT2D eigenvalue weighted by atomic mass is 9.97. The molecule has 146 valence electrons. The van der Waals surface area contributed by atoms with E-state index in [4.69, 9.17) is 0 Å². The lowest BCUT2D eigenvalue weighted by Crippen LogP contribution is -2.46.